The molecule has 0 saturated carbocycles. The van der Waals surface area contributed by atoms with Gasteiger partial charge >= 0.3 is 5.97 Å². The van der Waals surface area contributed by atoms with E-state index in [1.807, 2.05) is 54.6 Å². The van der Waals surface area contributed by atoms with Crippen LogP contribution in [0.15, 0.2) is 78.9 Å². The van der Waals surface area contributed by atoms with E-state index in [9.17, 15) is 19.8 Å². The molecule has 6 nitrogen and oxygen atoms in total. The number of carboxylic acids is 1. The summed E-state index contributed by atoms with van der Waals surface area (Å²) in [5, 5.41) is 21.3. The first kappa shape index (κ1) is 25.2. The first-order valence-corrected chi connectivity index (χ1v) is 12.9. The molecule has 2 N–H and O–H groups in total. The SMILES string of the molecule is O=C(O)CN1C(=O)c2ccccc2C(=CCCN2CCC(O)(c3ccc(Cl)cc3)CC2)c2ccccc21. The van der Waals surface area contributed by atoms with Gasteiger partial charge in [-0.15, -0.1) is 0 Å². The fourth-order valence-electron chi connectivity index (χ4n) is 5.34. The molecule has 0 radical (unpaired) electrons. The summed E-state index contributed by atoms with van der Waals surface area (Å²) in [5.41, 5.74) is 3.75. The summed E-state index contributed by atoms with van der Waals surface area (Å²) in [4.78, 5) is 28.7. The third kappa shape index (κ3) is 5.18. The molecule has 1 fully saturated rings. The van der Waals surface area contributed by atoms with E-state index in [1.54, 1.807) is 18.2 Å². The molecule has 2 aliphatic rings. The molecule has 5 rings (SSSR count). The Labute approximate surface area is 221 Å². The Morgan fingerprint density at radius 2 is 1.54 bits per heavy atom. The second-order valence-electron chi connectivity index (χ2n) is 9.63. The number of carbonyl (C=O) groups is 2. The Hall–Kier alpha value is -3.45. The molecule has 0 aliphatic carbocycles. The van der Waals surface area contributed by atoms with Gasteiger partial charge in [-0.1, -0.05) is 66.2 Å². The number of hydrogen-bond acceptors (Lipinski definition) is 4. The van der Waals surface area contributed by atoms with Crippen LogP contribution in [0.3, 0.4) is 0 Å². The summed E-state index contributed by atoms with van der Waals surface area (Å²) in [6, 6.07) is 22.3. The topological polar surface area (TPSA) is 81.1 Å². The molecule has 37 heavy (non-hydrogen) atoms. The highest BCUT2D eigenvalue weighted by Crippen LogP contribution is 2.38. The average Bonchev–Trinajstić information content (AvgIpc) is 2.99. The maximum atomic E-state index is 13.4. The highest BCUT2D eigenvalue weighted by atomic mass is 35.5. The molecule has 190 valence electrons. The zero-order valence-electron chi connectivity index (χ0n) is 20.4. The molecule has 7 heteroatoms. The van der Waals surface area contributed by atoms with Gasteiger partial charge in [0.05, 0.1) is 11.3 Å². The fourth-order valence-corrected chi connectivity index (χ4v) is 5.47. The monoisotopic (exact) mass is 516 g/mol. The Morgan fingerprint density at radius 3 is 2.22 bits per heavy atom. The number of aliphatic hydroxyl groups is 1. The number of halogens is 1. The number of anilines is 1. The van der Waals surface area contributed by atoms with Crippen molar-refractivity contribution in [2.45, 2.75) is 24.9 Å². The summed E-state index contributed by atoms with van der Waals surface area (Å²) >= 11 is 6.01. The number of carboxylic acid groups (broad SMARTS) is 1. The molecule has 0 unspecified atom stereocenters. The zero-order valence-corrected chi connectivity index (χ0v) is 21.2. The van der Waals surface area contributed by atoms with Crippen LogP contribution in [0.25, 0.3) is 5.57 Å². The van der Waals surface area contributed by atoms with Crippen molar-refractivity contribution in [1.29, 1.82) is 0 Å². The molecule has 0 spiro atoms. The minimum Gasteiger partial charge on any atom is -0.480 e. The van der Waals surface area contributed by atoms with Gasteiger partial charge in [0.2, 0.25) is 0 Å². The number of para-hydroxylation sites is 1. The lowest BCUT2D eigenvalue weighted by atomic mass is 9.84. The smallest absolute Gasteiger partial charge is 0.323 e. The van der Waals surface area contributed by atoms with Crippen molar-refractivity contribution in [2.75, 3.05) is 31.1 Å². The Kier molecular flexibility index (Phi) is 7.15. The van der Waals surface area contributed by atoms with Crippen molar-refractivity contribution in [2.24, 2.45) is 0 Å². The minimum atomic E-state index is -1.06. The molecule has 2 heterocycles. The van der Waals surface area contributed by atoms with Crippen molar-refractivity contribution in [3.05, 3.63) is 106 Å². The third-order valence-corrected chi connectivity index (χ3v) is 7.58. The predicted molar refractivity (Wildman–Crippen MR) is 145 cm³/mol. The number of aliphatic carboxylic acids is 1. The third-order valence-electron chi connectivity index (χ3n) is 7.33. The van der Waals surface area contributed by atoms with E-state index in [2.05, 4.69) is 11.0 Å². The predicted octanol–water partition coefficient (Wildman–Crippen LogP) is 5.19. The number of hydrogen-bond donors (Lipinski definition) is 2. The number of piperidine rings is 1. The number of benzene rings is 3. The van der Waals surface area contributed by atoms with E-state index >= 15 is 0 Å². The van der Waals surface area contributed by atoms with Crippen molar-refractivity contribution in [3.63, 3.8) is 0 Å². The average molecular weight is 517 g/mol. The van der Waals surface area contributed by atoms with Crippen LogP contribution in [0.4, 0.5) is 5.69 Å². The van der Waals surface area contributed by atoms with E-state index < -0.39 is 18.1 Å². The van der Waals surface area contributed by atoms with Crippen molar-refractivity contribution in [1.82, 2.24) is 4.90 Å². The van der Waals surface area contributed by atoms with Crippen LogP contribution >= 0.6 is 11.6 Å². The van der Waals surface area contributed by atoms with Gasteiger partial charge in [-0.05, 0) is 60.2 Å². The molecule has 0 bridgehead atoms. The normalized spacial score (nSPS) is 18.3. The van der Waals surface area contributed by atoms with Crippen LogP contribution in [-0.2, 0) is 10.4 Å². The van der Waals surface area contributed by atoms with Gasteiger partial charge < -0.3 is 15.1 Å². The first-order valence-electron chi connectivity index (χ1n) is 12.5. The van der Waals surface area contributed by atoms with Gasteiger partial charge in [0.1, 0.15) is 6.54 Å². The maximum absolute atomic E-state index is 13.4. The fraction of sp³-hybridized carbons (Fsp3) is 0.267. The van der Waals surface area contributed by atoms with Crippen LogP contribution in [-0.4, -0.2) is 53.2 Å². The van der Waals surface area contributed by atoms with Gasteiger partial charge in [0.15, 0.2) is 0 Å². The van der Waals surface area contributed by atoms with Crippen molar-refractivity contribution in [3.8, 4) is 0 Å². The van der Waals surface area contributed by atoms with Gasteiger partial charge in [0.25, 0.3) is 5.91 Å². The van der Waals surface area contributed by atoms with Gasteiger partial charge in [0, 0.05) is 35.8 Å². The maximum Gasteiger partial charge on any atom is 0.323 e. The number of carbonyl (C=O) groups excluding carboxylic acids is 1. The van der Waals surface area contributed by atoms with E-state index in [0.29, 0.717) is 29.1 Å². The summed E-state index contributed by atoms with van der Waals surface area (Å²) < 4.78 is 0. The largest absolute Gasteiger partial charge is 0.480 e. The Bertz CT molecular complexity index is 1340. The number of fused-ring (bicyclic) bond motifs is 2. The first-order chi connectivity index (χ1) is 17.9. The summed E-state index contributed by atoms with van der Waals surface area (Å²) in [7, 11) is 0. The molecule has 0 atom stereocenters. The quantitative estimate of drug-likeness (QED) is 0.471. The van der Waals surface area contributed by atoms with E-state index in [4.69, 9.17) is 11.6 Å². The molecule has 2 aliphatic heterocycles. The standard InChI is InChI=1S/C30H29ClN2O4/c31-22-13-11-21(12-14-22)30(37)15-18-32(19-16-30)17-5-9-23-24-6-1-2-8-26(24)29(36)33(20-28(34)35)27-10-4-3-7-25(23)27/h1-4,6-14,37H,5,15-20H2,(H,34,35). The molecular formula is C30H29ClN2O4. The highest BCUT2D eigenvalue weighted by Gasteiger charge is 2.34. The van der Waals surface area contributed by atoms with Crippen LogP contribution < -0.4 is 4.90 Å². The van der Waals surface area contributed by atoms with Crippen LogP contribution in [0.5, 0.6) is 0 Å². The summed E-state index contributed by atoms with van der Waals surface area (Å²) in [6.45, 7) is 1.97. The number of rotatable bonds is 6. The van der Waals surface area contributed by atoms with E-state index in [-0.39, 0.29) is 5.91 Å². The van der Waals surface area contributed by atoms with Gasteiger partial charge in [-0.25, -0.2) is 0 Å². The second kappa shape index (κ2) is 10.5. The molecule has 0 aromatic heterocycles. The summed E-state index contributed by atoms with van der Waals surface area (Å²) in [6.07, 6.45) is 4.20. The van der Waals surface area contributed by atoms with E-state index in [1.165, 1.54) is 4.90 Å². The van der Waals surface area contributed by atoms with E-state index in [0.717, 1.165) is 48.3 Å². The number of likely N-dealkylation sites (tertiary alicyclic amines) is 1. The van der Waals surface area contributed by atoms with Crippen molar-refractivity contribution < 1.29 is 19.8 Å². The minimum absolute atomic E-state index is 0.314. The molecule has 3 aromatic carbocycles. The lowest BCUT2D eigenvalue weighted by Crippen LogP contribution is -2.42. The molecule has 3 aromatic rings. The Balaban J connectivity index is 1.36. The van der Waals surface area contributed by atoms with Crippen LogP contribution in [0.1, 0.15) is 46.3 Å². The lowest BCUT2D eigenvalue weighted by Gasteiger charge is -2.38. The zero-order chi connectivity index (χ0) is 26.0. The lowest BCUT2D eigenvalue weighted by molar-refractivity contribution is -0.135. The van der Waals surface area contributed by atoms with Gasteiger partial charge in [-0.3, -0.25) is 14.5 Å². The van der Waals surface area contributed by atoms with Gasteiger partial charge in [-0.2, -0.15) is 0 Å². The summed E-state index contributed by atoms with van der Waals surface area (Å²) in [5.74, 6) is -1.37. The number of nitrogens with zero attached hydrogens (tertiary/aromatic N) is 2. The highest BCUT2D eigenvalue weighted by molar-refractivity contribution is 6.30. The molecule has 1 saturated heterocycles. The van der Waals surface area contributed by atoms with Crippen LogP contribution in [0.2, 0.25) is 5.02 Å². The molecule has 1 amide bonds. The molecular weight excluding hydrogens is 488 g/mol. The van der Waals surface area contributed by atoms with Crippen molar-refractivity contribution >= 4 is 34.7 Å². The van der Waals surface area contributed by atoms with Crippen LogP contribution in [0, 0.1) is 0 Å². The number of amides is 1. The second-order valence-corrected chi connectivity index (χ2v) is 10.1. The Morgan fingerprint density at radius 1 is 0.919 bits per heavy atom.